The largest absolute Gasteiger partial charge is 0.371 e. The number of para-hydroxylation sites is 1. The van der Waals surface area contributed by atoms with Crippen LogP contribution in [0.5, 0.6) is 0 Å². The van der Waals surface area contributed by atoms with Crippen molar-refractivity contribution in [3.8, 4) is 0 Å². The van der Waals surface area contributed by atoms with Crippen molar-refractivity contribution >= 4 is 21.6 Å². The summed E-state index contributed by atoms with van der Waals surface area (Å²) in [5.41, 5.74) is 2.85. The molecule has 1 N–H and O–H groups in total. The predicted molar refractivity (Wildman–Crippen MR) is 123 cm³/mol. The molecule has 1 amide bonds. The van der Waals surface area contributed by atoms with Crippen LogP contribution in [0.2, 0.25) is 0 Å². The molecule has 8 heteroatoms. The zero-order valence-corrected chi connectivity index (χ0v) is 19.0. The maximum Gasteiger partial charge on any atom is 0.223 e. The number of rotatable bonds is 8. The minimum Gasteiger partial charge on any atom is -0.371 e. The van der Waals surface area contributed by atoms with Crippen LogP contribution in [0, 0.1) is 11.7 Å². The topological polar surface area (TPSA) is 69.7 Å². The highest BCUT2D eigenvalue weighted by Gasteiger charge is 2.31. The first-order chi connectivity index (χ1) is 15.4. The molecule has 4 rings (SSSR count). The summed E-state index contributed by atoms with van der Waals surface area (Å²) < 4.78 is 40.5. The Kier molecular flexibility index (Phi) is 7.10. The van der Waals surface area contributed by atoms with E-state index in [1.54, 1.807) is 12.1 Å². The molecular weight excluding hydrogens is 429 g/mol. The summed E-state index contributed by atoms with van der Waals surface area (Å²) in [4.78, 5) is 14.9. The Bertz CT molecular complexity index is 1050. The number of amides is 1. The van der Waals surface area contributed by atoms with Crippen molar-refractivity contribution in [2.45, 2.75) is 31.4 Å². The number of hydrogen-bond donors (Lipinski definition) is 1. The van der Waals surface area contributed by atoms with Crippen LogP contribution in [0.4, 0.5) is 10.1 Å². The normalized spacial score (nSPS) is 17.3. The lowest BCUT2D eigenvalue weighted by Gasteiger charge is -2.30. The third kappa shape index (κ3) is 5.30. The SMILES string of the molecule is O=C(NCCCN1CCc2ccccc21)C1CCN(S(=O)(=O)Cc2ccccc2F)CC1. The van der Waals surface area contributed by atoms with Gasteiger partial charge in [0.2, 0.25) is 15.9 Å². The third-order valence-corrected chi connectivity index (χ3v) is 8.23. The van der Waals surface area contributed by atoms with Crippen molar-refractivity contribution in [1.82, 2.24) is 9.62 Å². The van der Waals surface area contributed by atoms with Crippen LogP contribution < -0.4 is 10.2 Å². The van der Waals surface area contributed by atoms with Crippen LogP contribution in [-0.4, -0.2) is 51.4 Å². The van der Waals surface area contributed by atoms with Crippen LogP contribution >= 0.6 is 0 Å². The first kappa shape index (κ1) is 22.7. The number of halogens is 1. The minimum absolute atomic E-state index is 0.00188. The summed E-state index contributed by atoms with van der Waals surface area (Å²) in [5, 5.41) is 3.02. The first-order valence-electron chi connectivity index (χ1n) is 11.3. The first-order valence-corrected chi connectivity index (χ1v) is 12.9. The quantitative estimate of drug-likeness (QED) is 0.617. The van der Waals surface area contributed by atoms with Crippen molar-refractivity contribution in [3.05, 3.63) is 65.5 Å². The number of fused-ring (bicyclic) bond motifs is 1. The van der Waals surface area contributed by atoms with E-state index in [0.29, 0.717) is 32.5 Å². The number of hydrogen-bond acceptors (Lipinski definition) is 4. The summed E-state index contributed by atoms with van der Waals surface area (Å²) in [6.07, 6.45) is 2.92. The lowest BCUT2D eigenvalue weighted by atomic mass is 9.97. The molecule has 2 aliphatic rings. The zero-order valence-electron chi connectivity index (χ0n) is 18.2. The number of nitrogens with zero attached hydrogens (tertiary/aromatic N) is 2. The number of sulfonamides is 1. The second kappa shape index (κ2) is 10.0. The van der Waals surface area contributed by atoms with Gasteiger partial charge in [-0.25, -0.2) is 17.1 Å². The second-order valence-electron chi connectivity index (χ2n) is 8.53. The van der Waals surface area contributed by atoms with Crippen molar-refractivity contribution in [2.75, 3.05) is 37.6 Å². The lowest BCUT2D eigenvalue weighted by Crippen LogP contribution is -2.43. The molecule has 2 aliphatic heterocycles. The molecule has 0 bridgehead atoms. The molecule has 172 valence electrons. The Morgan fingerprint density at radius 1 is 1.03 bits per heavy atom. The van der Waals surface area contributed by atoms with E-state index in [1.165, 1.54) is 27.7 Å². The van der Waals surface area contributed by atoms with E-state index in [0.717, 1.165) is 25.9 Å². The summed E-state index contributed by atoms with van der Waals surface area (Å²) in [6.45, 7) is 3.12. The molecule has 2 aromatic rings. The van der Waals surface area contributed by atoms with Gasteiger partial charge in [-0.3, -0.25) is 4.79 Å². The molecule has 0 saturated carbocycles. The Morgan fingerprint density at radius 2 is 1.75 bits per heavy atom. The van der Waals surface area contributed by atoms with Gasteiger partial charge in [0.05, 0.1) is 5.75 Å². The molecule has 0 unspecified atom stereocenters. The van der Waals surface area contributed by atoms with Gasteiger partial charge in [-0.05, 0) is 43.4 Å². The molecule has 2 aromatic carbocycles. The number of carbonyl (C=O) groups excluding carboxylic acids is 1. The number of benzene rings is 2. The molecule has 2 heterocycles. The van der Waals surface area contributed by atoms with Gasteiger partial charge in [0, 0.05) is 49.9 Å². The molecule has 0 spiro atoms. The lowest BCUT2D eigenvalue weighted by molar-refractivity contribution is -0.126. The third-order valence-electron chi connectivity index (χ3n) is 6.40. The minimum atomic E-state index is -3.61. The van der Waals surface area contributed by atoms with E-state index in [1.807, 2.05) is 0 Å². The van der Waals surface area contributed by atoms with Crippen LogP contribution in [-0.2, 0) is 27.0 Å². The van der Waals surface area contributed by atoms with Crippen LogP contribution in [0.3, 0.4) is 0 Å². The van der Waals surface area contributed by atoms with Gasteiger partial charge < -0.3 is 10.2 Å². The summed E-state index contributed by atoms with van der Waals surface area (Å²) in [6, 6.07) is 14.4. The molecule has 0 radical (unpaired) electrons. The Balaban J connectivity index is 1.19. The van der Waals surface area contributed by atoms with E-state index in [2.05, 4.69) is 34.5 Å². The van der Waals surface area contributed by atoms with Crippen LogP contribution in [0.15, 0.2) is 48.5 Å². The maximum atomic E-state index is 13.8. The average molecular weight is 460 g/mol. The highest BCUT2D eigenvalue weighted by Crippen LogP contribution is 2.27. The van der Waals surface area contributed by atoms with Gasteiger partial charge in [0.1, 0.15) is 5.82 Å². The fourth-order valence-corrected chi connectivity index (χ4v) is 6.14. The van der Waals surface area contributed by atoms with E-state index in [9.17, 15) is 17.6 Å². The molecule has 32 heavy (non-hydrogen) atoms. The van der Waals surface area contributed by atoms with Crippen LogP contribution in [0.1, 0.15) is 30.4 Å². The fourth-order valence-electron chi connectivity index (χ4n) is 4.56. The summed E-state index contributed by atoms with van der Waals surface area (Å²) in [5.74, 6) is -1.04. The predicted octanol–water partition coefficient (Wildman–Crippen LogP) is 2.94. The van der Waals surface area contributed by atoms with E-state index >= 15 is 0 Å². The maximum absolute atomic E-state index is 13.8. The van der Waals surface area contributed by atoms with Gasteiger partial charge >= 0.3 is 0 Å². The fraction of sp³-hybridized carbons (Fsp3) is 0.458. The van der Waals surface area contributed by atoms with Crippen molar-refractivity contribution < 1.29 is 17.6 Å². The molecule has 0 aliphatic carbocycles. The number of piperidine rings is 1. The van der Waals surface area contributed by atoms with Gasteiger partial charge in [-0.2, -0.15) is 0 Å². The zero-order chi connectivity index (χ0) is 22.6. The number of anilines is 1. The Morgan fingerprint density at radius 3 is 2.53 bits per heavy atom. The van der Waals surface area contributed by atoms with Crippen molar-refractivity contribution in [1.29, 1.82) is 0 Å². The molecule has 0 aromatic heterocycles. The van der Waals surface area contributed by atoms with E-state index in [4.69, 9.17) is 0 Å². The number of nitrogens with one attached hydrogen (secondary N) is 1. The van der Waals surface area contributed by atoms with E-state index < -0.39 is 15.8 Å². The van der Waals surface area contributed by atoms with Crippen molar-refractivity contribution in [2.24, 2.45) is 5.92 Å². The van der Waals surface area contributed by atoms with E-state index in [-0.39, 0.29) is 23.1 Å². The molecule has 1 fully saturated rings. The molecular formula is C24H30FN3O3S. The highest BCUT2D eigenvalue weighted by molar-refractivity contribution is 7.88. The average Bonchev–Trinajstić information content (AvgIpc) is 3.21. The summed E-state index contributed by atoms with van der Waals surface area (Å²) >= 11 is 0. The van der Waals surface area contributed by atoms with Gasteiger partial charge in [-0.15, -0.1) is 0 Å². The Labute approximate surface area is 189 Å². The summed E-state index contributed by atoms with van der Waals surface area (Å²) in [7, 11) is -3.61. The molecule has 1 saturated heterocycles. The second-order valence-corrected chi connectivity index (χ2v) is 10.5. The van der Waals surface area contributed by atoms with Gasteiger partial charge in [0.15, 0.2) is 0 Å². The Hall–Kier alpha value is -2.45. The number of carbonyl (C=O) groups is 1. The van der Waals surface area contributed by atoms with Gasteiger partial charge in [-0.1, -0.05) is 36.4 Å². The standard InChI is InChI=1S/C24H30FN3O3S/c25-22-8-3-1-7-21(22)18-32(30,31)28-16-11-20(12-17-28)24(29)26-13-5-14-27-15-10-19-6-2-4-9-23(19)27/h1-4,6-9,20H,5,10-18H2,(H,26,29). The highest BCUT2D eigenvalue weighted by atomic mass is 32.2. The monoisotopic (exact) mass is 459 g/mol. The molecule has 6 nitrogen and oxygen atoms in total. The van der Waals surface area contributed by atoms with Crippen molar-refractivity contribution in [3.63, 3.8) is 0 Å². The molecule has 0 atom stereocenters. The smallest absolute Gasteiger partial charge is 0.223 e. The van der Waals surface area contributed by atoms with Gasteiger partial charge in [0.25, 0.3) is 0 Å². The van der Waals surface area contributed by atoms with Crippen LogP contribution in [0.25, 0.3) is 0 Å².